The van der Waals surface area contributed by atoms with Crippen LogP contribution in [0.5, 0.6) is 5.75 Å². The fourth-order valence-electron chi connectivity index (χ4n) is 4.26. The lowest BCUT2D eigenvalue weighted by Crippen LogP contribution is -2.51. The third-order valence-corrected chi connectivity index (χ3v) is 5.74. The van der Waals surface area contributed by atoms with Crippen molar-refractivity contribution in [3.63, 3.8) is 0 Å². The highest BCUT2D eigenvalue weighted by Gasteiger charge is 2.48. The molecule has 162 valence electrons. The lowest BCUT2D eigenvalue weighted by Gasteiger charge is -2.38. The van der Waals surface area contributed by atoms with E-state index in [0.717, 1.165) is 37.5 Å². The topological polar surface area (TPSA) is 71.0 Å². The zero-order chi connectivity index (χ0) is 22.0. The summed E-state index contributed by atoms with van der Waals surface area (Å²) in [5.74, 6) is -1.77. The van der Waals surface area contributed by atoms with E-state index >= 15 is 0 Å². The Kier molecular flexibility index (Phi) is 5.71. The molecule has 0 atom stereocenters. The van der Waals surface area contributed by atoms with Crippen LogP contribution >= 0.6 is 0 Å². The Bertz CT molecular complexity index is 1010. The number of rotatable bonds is 5. The van der Waals surface area contributed by atoms with Crippen molar-refractivity contribution < 1.29 is 23.1 Å². The summed E-state index contributed by atoms with van der Waals surface area (Å²) in [7, 11) is 1.56. The maximum absolute atomic E-state index is 13.4. The largest absolute Gasteiger partial charge is 0.497 e. The fraction of sp³-hybridized carbons (Fsp3) is 0.348. The summed E-state index contributed by atoms with van der Waals surface area (Å²) in [6.07, 6.45) is 4.19. The first kappa shape index (κ1) is 21.0. The minimum atomic E-state index is -0.790. The molecule has 1 heterocycles. The quantitative estimate of drug-likeness (QED) is 0.787. The van der Waals surface area contributed by atoms with Crippen LogP contribution < -0.4 is 10.1 Å². The molecule has 2 aromatic rings. The number of amides is 2. The van der Waals surface area contributed by atoms with Crippen molar-refractivity contribution in [2.24, 2.45) is 4.99 Å². The lowest BCUT2D eigenvalue weighted by atomic mass is 9.88. The van der Waals surface area contributed by atoms with Gasteiger partial charge in [0.1, 0.15) is 35.3 Å². The molecule has 31 heavy (non-hydrogen) atoms. The second kappa shape index (κ2) is 8.45. The number of carbonyl (C=O) groups excluding carboxylic acids is 2. The molecule has 1 fully saturated rings. The molecule has 0 bridgehead atoms. The van der Waals surface area contributed by atoms with E-state index in [1.54, 1.807) is 31.4 Å². The maximum atomic E-state index is 13.4. The molecule has 4 rings (SSSR count). The molecular weight excluding hydrogens is 404 g/mol. The van der Waals surface area contributed by atoms with Crippen molar-refractivity contribution in [3.8, 4) is 5.75 Å². The fourth-order valence-corrected chi connectivity index (χ4v) is 4.26. The van der Waals surface area contributed by atoms with Crippen LogP contribution in [-0.4, -0.2) is 41.7 Å². The van der Waals surface area contributed by atoms with Crippen molar-refractivity contribution in [3.05, 3.63) is 59.7 Å². The number of nitrogens with zero attached hydrogens (tertiary/aromatic N) is 2. The average Bonchev–Trinajstić information content (AvgIpc) is 2.99. The molecule has 1 aliphatic carbocycles. The number of carbonyl (C=O) groups is 2. The van der Waals surface area contributed by atoms with Gasteiger partial charge >= 0.3 is 0 Å². The van der Waals surface area contributed by atoms with Gasteiger partial charge in [-0.05, 0) is 62.1 Å². The summed E-state index contributed by atoms with van der Waals surface area (Å²) in [5.41, 5.74) is 0.206. The number of benzene rings is 2. The van der Waals surface area contributed by atoms with Gasteiger partial charge in [0, 0.05) is 17.3 Å². The number of anilines is 1. The highest BCUT2D eigenvalue weighted by Crippen LogP contribution is 2.39. The predicted octanol–water partition coefficient (Wildman–Crippen LogP) is 3.90. The zero-order valence-corrected chi connectivity index (χ0v) is 17.2. The van der Waals surface area contributed by atoms with Gasteiger partial charge in [0.25, 0.3) is 5.91 Å². The predicted molar refractivity (Wildman–Crippen MR) is 112 cm³/mol. The summed E-state index contributed by atoms with van der Waals surface area (Å²) in [6, 6.07) is 9.84. The van der Waals surface area contributed by atoms with Gasteiger partial charge in [-0.25, -0.2) is 8.78 Å². The number of halogens is 2. The van der Waals surface area contributed by atoms with Crippen LogP contribution in [0.25, 0.3) is 0 Å². The average molecular weight is 427 g/mol. The molecule has 2 aliphatic rings. The molecule has 0 radical (unpaired) electrons. The van der Waals surface area contributed by atoms with Gasteiger partial charge in [0.15, 0.2) is 0 Å². The molecule has 1 N–H and O–H groups in total. The van der Waals surface area contributed by atoms with E-state index in [9.17, 15) is 18.4 Å². The Labute approximate surface area is 178 Å². The first-order valence-corrected chi connectivity index (χ1v) is 10.2. The first-order chi connectivity index (χ1) is 14.9. The van der Waals surface area contributed by atoms with E-state index in [4.69, 9.17) is 9.73 Å². The minimum absolute atomic E-state index is 0.00290. The van der Waals surface area contributed by atoms with Gasteiger partial charge in [-0.15, -0.1) is 0 Å². The van der Waals surface area contributed by atoms with Crippen molar-refractivity contribution in [1.82, 2.24) is 4.90 Å². The van der Waals surface area contributed by atoms with Crippen molar-refractivity contribution in [2.75, 3.05) is 19.0 Å². The van der Waals surface area contributed by atoms with E-state index < -0.39 is 23.2 Å². The zero-order valence-electron chi connectivity index (χ0n) is 17.2. The lowest BCUT2D eigenvalue weighted by molar-refractivity contribution is -0.134. The summed E-state index contributed by atoms with van der Waals surface area (Å²) in [6.45, 7) is -0.250. The normalized spacial score (nSPS) is 17.6. The summed E-state index contributed by atoms with van der Waals surface area (Å²) >= 11 is 0. The molecule has 8 heteroatoms. The van der Waals surface area contributed by atoms with Crippen LogP contribution in [0.1, 0.15) is 37.7 Å². The molecule has 0 unspecified atom stereocenters. The van der Waals surface area contributed by atoms with E-state index in [1.165, 1.54) is 4.90 Å². The van der Waals surface area contributed by atoms with Gasteiger partial charge in [-0.3, -0.25) is 14.6 Å². The maximum Gasteiger partial charge on any atom is 0.275 e. The molecule has 6 nitrogen and oxygen atoms in total. The molecule has 1 spiro atoms. The number of hydrogen-bond donors (Lipinski definition) is 1. The van der Waals surface area contributed by atoms with Crippen LogP contribution in [0.15, 0.2) is 47.5 Å². The highest BCUT2D eigenvalue weighted by atomic mass is 19.1. The smallest absolute Gasteiger partial charge is 0.275 e. The SMILES string of the molecule is COc1ccc(C2=NC3(CCCCC3)N(CC(=O)Nc3cc(F)cc(F)c3)C2=O)cc1. The number of ether oxygens (including phenoxy) is 1. The van der Waals surface area contributed by atoms with Gasteiger partial charge in [0.05, 0.1) is 7.11 Å². The van der Waals surface area contributed by atoms with E-state index in [1.807, 2.05) is 0 Å². The summed E-state index contributed by atoms with van der Waals surface area (Å²) < 4.78 is 32.1. The van der Waals surface area contributed by atoms with E-state index in [-0.39, 0.29) is 18.1 Å². The summed E-state index contributed by atoms with van der Waals surface area (Å²) in [4.78, 5) is 32.3. The molecule has 1 saturated carbocycles. The third kappa shape index (κ3) is 4.28. The number of aliphatic imine (C=N–C) groups is 1. The van der Waals surface area contributed by atoms with Crippen molar-refractivity contribution in [2.45, 2.75) is 37.8 Å². The van der Waals surface area contributed by atoms with Gasteiger partial charge in [-0.2, -0.15) is 0 Å². The molecule has 0 aromatic heterocycles. The number of methoxy groups -OCH3 is 1. The molecule has 0 saturated heterocycles. The highest BCUT2D eigenvalue weighted by molar-refractivity contribution is 6.47. The second-order valence-electron chi connectivity index (χ2n) is 7.83. The monoisotopic (exact) mass is 427 g/mol. The van der Waals surface area contributed by atoms with Crippen molar-refractivity contribution in [1.29, 1.82) is 0 Å². The number of nitrogens with one attached hydrogen (secondary N) is 1. The standard InChI is InChI=1S/C23H23F2N3O3/c1-31-19-7-5-15(6-8-19)21-22(30)28(23(27-21)9-3-2-4-10-23)14-20(29)26-18-12-16(24)11-17(25)13-18/h5-8,11-13H,2-4,9-10,14H2,1H3,(H,26,29). The van der Waals surface area contributed by atoms with Crippen molar-refractivity contribution >= 4 is 23.2 Å². The van der Waals surface area contributed by atoms with Gasteiger partial charge < -0.3 is 15.0 Å². The van der Waals surface area contributed by atoms with Crippen LogP contribution in [0.4, 0.5) is 14.5 Å². The number of hydrogen-bond acceptors (Lipinski definition) is 4. The van der Waals surface area contributed by atoms with Gasteiger partial charge in [0.2, 0.25) is 5.91 Å². The Morgan fingerprint density at radius 1 is 1.10 bits per heavy atom. The summed E-state index contributed by atoms with van der Waals surface area (Å²) in [5, 5.41) is 2.48. The van der Waals surface area contributed by atoms with Crippen LogP contribution in [-0.2, 0) is 9.59 Å². The van der Waals surface area contributed by atoms with Crippen LogP contribution in [0.3, 0.4) is 0 Å². The molecule has 2 amide bonds. The molecular formula is C23H23F2N3O3. The Balaban J connectivity index is 1.58. The first-order valence-electron chi connectivity index (χ1n) is 10.2. The van der Waals surface area contributed by atoms with E-state index in [2.05, 4.69) is 5.32 Å². The molecule has 1 aliphatic heterocycles. The Morgan fingerprint density at radius 2 is 1.74 bits per heavy atom. The Morgan fingerprint density at radius 3 is 2.35 bits per heavy atom. The van der Waals surface area contributed by atoms with Crippen LogP contribution in [0.2, 0.25) is 0 Å². The van der Waals surface area contributed by atoms with Crippen LogP contribution in [0, 0.1) is 11.6 Å². The second-order valence-corrected chi connectivity index (χ2v) is 7.83. The third-order valence-electron chi connectivity index (χ3n) is 5.74. The minimum Gasteiger partial charge on any atom is -0.497 e. The van der Waals surface area contributed by atoms with E-state index in [0.29, 0.717) is 29.9 Å². The van der Waals surface area contributed by atoms with Gasteiger partial charge in [-0.1, -0.05) is 6.42 Å². The Hall–Kier alpha value is -3.29. The molecule has 2 aromatic carbocycles.